The topological polar surface area (TPSA) is 81.6 Å². The Morgan fingerprint density at radius 1 is 1.26 bits per heavy atom. The summed E-state index contributed by atoms with van der Waals surface area (Å²) in [6.07, 6.45) is 3.76. The predicted octanol–water partition coefficient (Wildman–Crippen LogP) is 4.43. The van der Waals surface area contributed by atoms with Crippen molar-refractivity contribution in [1.29, 1.82) is 0 Å². The van der Waals surface area contributed by atoms with Crippen LogP contribution in [0.15, 0.2) is 40.7 Å². The zero-order valence-electron chi connectivity index (χ0n) is 18.9. The van der Waals surface area contributed by atoms with Crippen molar-refractivity contribution in [3.05, 3.63) is 53.1 Å². The number of hydrogen-bond donors (Lipinski definition) is 2. The quantitative estimate of drug-likeness (QED) is 0.414. The van der Waals surface area contributed by atoms with Crippen molar-refractivity contribution >= 4 is 29.3 Å². The second kappa shape index (κ2) is 8.83. The average molecular weight is 470 g/mol. The number of pyridine rings is 2. The molecule has 0 amide bonds. The first-order chi connectivity index (χ1) is 16.4. The molecule has 34 heavy (non-hydrogen) atoms. The van der Waals surface area contributed by atoms with E-state index in [4.69, 9.17) is 4.99 Å². The fourth-order valence-electron chi connectivity index (χ4n) is 4.57. The van der Waals surface area contributed by atoms with Crippen LogP contribution in [-0.2, 0) is 12.7 Å². The summed E-state index contributed by atoms with van der Waals surface area (Å²) in [6.45, 7) is 5.71. The Morgan fingerprint density at radius 2 is 2.09 bits per heavy atom. The lowest BCUT2D eigenvalue weighted by Gasteiger charge is -2.29. The summed E-state index contributed by atoms with van der Waals surface area (Å²) < 4.78 is 39.8. The van der Waals surface area contributed by atoms with Crippen molar-refractivity contribution < 1.29 is 13.2 Å². The fourth-order valence-corrected chi connectivity index (χ4v) is 4.57. The van der Waals surface area contributed by atoms with Gasteiger partial charge in [-0.1, -0.05) is 0 Å². The van der Waals surface area contributed by atoms with Crippen LogP contribution in [0.1, 0.15) is 47.6 Å². The fraction of sp³-hybridized carbons (Fsp3) is 0.417. The zero-order chi connectivity index (χ0) is 23.9. The molecule has 178 valence electrons. The van der Waals surface area contributed by atoms with Crippen molar-refractivity contribution in [2.45, 2.75) is 43.9 Å². The monoisotopic (exact) mass is 469 g/mol. The molecule has 0 spiro atoms. The van der Waals surface area contributed by atoms with E-state index < -0.39 is 11.9 Å². The van der Waals surface area contributed by atoms with Gasteiger partial charge in [0.2, 0.25) is 0 Å². The Hall–Kier alpha value is -3.27. The molecule has 2 aliphatic rings. The normalized spacial score (nSPS) is 19.1. The molecule has 1 saturated carbocycles. The van der Waals surface area contributed by atoms with E-state index in [1.165, 1.54) is 6.20 Å². The molecule has 0 bridgehead atoms. The molecule has 1 saturated heterocycles. The molecule has 5 rings (SSSR count). The van der Waals surface area contributed by atoms with Gasteiger partial charge in [0.15, 0.2) is 0 Å². The molecule has 0 aromatic carbocycles. The molecular weight excluding hydrogens is 443 g/mol. The van der Waals surface area contributed by atoms with E-state index in [2.05, 4.69) is 36.9 Å². The van der Waals surface area contributed by atoms with Crippen molar-refractivity contribution in [3.63, 3.8) is 0 Å². The molecular formula is C24H26F3N7. The third kappa shape index (κ3) is 4.29. The van der Waals surface area contributed by atoms with Crippen LogP contribution in [0.25, 0.3) is 11.0 Å². The molecule has 1 atom stereocenters. The molecule has 2 fully saturated rings. The molecule has 0 radical (unpaired) electrons. The number of aliphatic imine (C=N–C) groups is 2. The van der Waals surface area contributed by atoms with Crippen LogP contribution in [0.5, 0.6) is 0 Å². The van der Waals surface area contributed by atoms with Crippen LogP contribution in [-0.4, -0.2) is 58.6 Å². The maximum Gasteiger partial charge on any atom is 0.431 e. The average Bonchev–Trinajstić information content (AvgIpc) is 3.32. The molecule has 1 aliphatic carbocycles. The third-order valence-electron chi connectivity index (χ3n) is 6.61. The van der Waals surface area contributed by atoms with E-state index >= 15 is 0 Å². The van der Waals surface area contributed by atoms with Gasteiger partial charge in [-0.3, -0.25) is 15.0 Å². The number of aromatic nitrogens is 3. The molecule has 1 aliphatic heterocycles. The summed E-state index contributed by atoms with van der Waals surface area (Å²) in [5.74, 6) is 1.17. The highest BCUT2D eigenvalue weighted by molar-refractivity contribution is 6.04. The van der Waals surface area contributed by atoms with Gasteiger partial charge in [-0.2, -0.15) is 13.2 Å². The number of alkyl halides is 3. The molecule has 3 aromatic heterocycles. The molecule has 4 heterocycles. The lowest BCUT2D eigenvalue weighted by Crippen LogP contribution is -2.39. The van der Waals surface area contributed by atoms with Crippen LogP contribution >= 0.6 is 0 Å². The standard InChI is InChI=1S/C24H26F3N7/c1-28-19-13-30-12-18(14-3-4-14)21(19)23(34(2)16-6-7-29-11-16)32-10-15-5-8-31-22-17(15)9-20(33-22)24(25,26)27/h5,8-9,12-14,16,29H,1,3-4,6-7,10-11H2,2H3,(H,31,33)/b32-23+. The minimum absolute atomic E-state index is 0.200. The van der Waals surface area contributed by atoms with Gasteiger partial charge in [0, 0.05) is 43.0 Å². The largest absolute Gasteiger partial charge is 0.431 e. The summed E-state index contributed by atoms with van der Waals surface area (Å²) in [4.78, 5) is 22.2. The van der Waals surface area contributed by atoms with Gasteiger partial charge in [0.05, 0.1) is 18.4 Å². The highest BCUT2D eigenvalue weighted by Crippen LogP contribution is 2.44. The van der Waals surface area contributed by atoms with E-state index in [1.54, 1.807) is 12.3 Å². The third-order valence-corrected chi connectivity index (χ3v) is 6.61. The number of hydrogen-bond acceptors (Lipinski definition) is 5. The molecule has 2 N–H and O–H groups in total. The van der Waals surface area contributed by atoms with E-state index in [0.717, 1.165) is 55.4 Å². The number of fused-ring (bicyclic) bond motifs is 1. The van der Waals surface area contributed by atoms with Crippen LogP contribution < -0.4 is 5.32 Å². The van der Waals surface area contributed by atoms with Gasteiger partial charge in [-0.05, 0) is 61.7 Å². The van der Waals surface area contributed by atoms with Crippen LogP contribution in [0, 0.1) is 0 Å². The first kappa shape index (κ1) is 22.5. The van der Waals surface area contributed by atoms with Crippen molar-refractivity contribution in [3.8, 4) is 0 Å². The highest BCUT2D eigenvalue weighted by Gasteiger charge is 2.34. The number of rotatable bonds is 6. The van der Waals surface area contributed by atoms with Crippen LogP contribution in [0.2, 0.25) is 0 Å². The number of nitrogens with one attached hydrogen (secondary N) is 2. The second-order valence-electron chi connectivity index (χ2n) is 8.87. The van der Waals surface area contributed by atoms with Crippen molar-refractivity contribution in [2.75, 3.05) is 20.1 Å². The van der Waals surface area contributed by atoms with Crippen molar-refractivity contribution in [2.24, 2.45) is 9.98 Å². The smallest absolute Gasteiger partial charge is 0.355 e. The minimum Gasteiger partial charge on any atom is -0.355 e. The molecule has 7 nitrogen and oxygen atoms in total. The summed E-state index contributed by atoms with van der Waals surface area (Å²) in [6, 6.07) is 3.07. The first-order valence-corrected chi connectivity index (χ1v) is 11.3. The van der Waals surface area contributed by atoms with Gasteiger partial charge in [-0.25, -0.2) is 4.98 Å². The van der Waals surface area contributed by atoms with Crippen LogP contribution in [0.4, 0.5) is 18.9 Å². The minimum atomic E-state index is -4.47. The Balaban J connectivity index is 1.59. The maximum atomic E-state index is 13.3. The first-order valence-electron chi connectivity index (χ1n) is 11.3. The van der Waals surface area contributed by atoms with E-state index in [-0.39, 0.29) is 18.2 Å². The second-order valence-corrected chi connectivity index (χ2v) is 8.87. The molecule has 3 aromatic rings. The Kier molecular flexibility index (Phi) is 5.85. The lowest BCUT2D eigenvalue weighted by atomic mass is 10.0. The number of likely N-dealkylation sites (N-methyl/N-ethyl adjacent to an activating group) is 1. The predicted molar refractivity (Wildman–Crippen MR) is 126 cm³/mol. The van der Waals surface area contributed by atoms with E-state index in [9.17, 15) is 13.2 Å². The Labute approximate surface area is 195 Å². The Bertz CT molecular complexity index is 1240. The van der Waals surface area contributed by atoms with Crippen molar-refractivity contribution in [1.82, 2.24) is 25.2 Å². The van der Waals surface area contributed by atoms with Gasteiger partial charge in [0.1, 0.15) is 17.2 Å². The summed E-state index contributed by atoms with van der Waals surface area (Å²) in [7, 11) is 2.01. The SMILES string of the molecule is C=Nc1cncc(C2CC2)c1/C(=N\Cc1ccnc2[nH]c(C(F)(F)F)cc12)N(C)C1CCNC1. The van der Waals surface area contributed by atoms with Gasteiger partial charge in [-0.15, -0.1) is 0 Å². The number of halogens is 3. The number of H-pyrrole nitrogens is 1. The number of aromatic amines is 1. The maximum absolute atomic E-state index is 13.3. The summed E-state index contributed by atoms with van der Waals surface area (Å²) >= 11 is 0. The lowest BCUT2D eigenvalue weighted by molar-refractivity contribution is -0.140. The summed E-state index contributed by atoms with van der Waals surface area (Å²) in [5, 5.41) is 3.81. The zero-order valence-corrected chi connectivity index (χ0v) is 18.9. The van der Waals surface area contributed by atoms with Gasteiger partial charge < -0.3 is 15.2 Å². The van der Waals surface area contributed by atoms with Gasteiger partial charge in [0.25, 0.3) is 0 Å². The highest BCUT2D eigenvalue weighted by atomic mass is 19.4. The van der Waals surface area contributed by atoms with Crippen LogP contribution in [0.3, 0.4) is 0 Å². The summed E-state index contributed by atoms with van der Waals surface area (Å²) in [5.41, 5.74) is 2.74. The van der Waals surface area contributed by atoms with E-state index in [1.807, 2.05) is 13.2 Å². The molecule has 1 unspecified atom stereocenters. The van der Waals surface area contributed by atoms with Gasteiger partial charge >= 0.3 is 6.18 Å². The number of nitrogens with zero attached hydrogens (tertiary/aromatic N) is 5. The van der Waals surface area contributed by atoms with E-state index in [0.29, 0.717) is 22.6 Å². The number of amidine groups is 1. The molecule has 10 heteroatoms. The Morgan fingerprint density at radius 3 is 2.76 bits per heavy atom.